The second-order valence-corrected chi connectivity index (χ2v) is 5.23. The zero-order chi connectivity index (χ0) is 15.7. The molecule has 1 heterocycles. The lowest BCUT2D eigenvalue weighted by Crippen LogP contribution is -2.21. The Morgan fingerprint density at radius 1 is 1.09 bits per heavy atom. The third-order valence-electron chi connectivity index (χ3n) is 3.34. The number of halogens is 3. The van der Waals surface area contributed by atoms with E-state index in [1.807, 2.05) is 0 Å². The Kier molecular flexibility index (Phi) is 3.78. The number of aromatic nitrogens is 1. The van der Waals surface area contributed by atoms with Crippen LogP contribution in [0.15, 0.2) is 42.5 Å². The quantitative estimate of drug-likeness (QED) is 0.932. The van der Waals surface area contributed by atoms with Gasteiger partial charge in [0.2, 0.25) is 0 Å². The average molecular weight is 309 g/mol. The van der Waals surface area contributed by atoms with E-state index in [4.69, 9.17) is 4.74 Å². The second-order valence-electron chi connectivity index (χ2n) is 5.23. The molecule has 1 N–H and O–H groups in total. The van der Waals surface area contributed by atoms with Crippen LogP contribution in [0.2, 0.25) is 0 Å². The number of hydrogen-bond donors (Lipinski definition) is 1. The van der Waals surface area contributed by atoms with Crippen molar-refractivity contribution in [3.05, 3.63) is 48.2 Å². The van der Waals surface area contributed by atoms with Gasteiger partial charge in [-0.3, -0.25) is 0 Å². The van der Waals surface area contributed by atoms with Crippen LogP contribution in [-0.2, 0) is 0 Å². The molecule has 1 atom stereocenters. The minimum atomic E-state index is -4.73. The Hall–Kier alpha value is -2.08. The van der Waals surface area contributed by atoms with Gasteiger partial charge in [0, 0.05) is 5.56 Å². The number of nitrogens with zero attached hydrogens (tertiary/aromatic N) is 1. The predicted molar refractivity (Wildman–Crippen MR) is 74.3 cm³/mol. The number of pyridine rings is 1. The van der Waals surface area contributed by atoms with Crippen molar-refractivity contribution < 1.29 is 23.0 Å². The Labute approximate surface area is 125 Å². The molecule has 3 nitrogen and oxygen atoms in total. The SMILES string of the molecule is OC(c1cccc(-c2ccc(OC3CC3)cc2)n1)C(F)(F)F. The van der Waals surface area contributed by atoms with Crippen LogP contribution in [0.4, 0.5) is 13.2 Å². The van der Waals surface area contributed by atoms with Gasteiger partial charge in [0.25, 0.3) is 0 Å². The highest BCUT2D eigenvalue weighted by atomic mass is 19.4. The Morgan fingerprint density at radius 3 is 2.36 bits per heavy atom. The summed E-state index contributed by atoms with van der Waals surface area (Å²) in [6.45, 7) is 0. The summed E-state index contributed by atoms with van der Waals surface area (Å²) in [5.74, 6) is 0.734. The molecule has 1 aromatic carbocycles. The smallest absolute Gasteiger partial charge is 0.420 e. The van der Waals surface area contributed by atoms with Crippen molar-refractivity contribution in [2.45, 2.75) is 31.2 Å². The zero-order valence-electron chi connectivity index (χ0n) is 11.5. The summed E-state index contributed by atoms with van der Waals surface area (Å²) in [6.07, 6.45) is -4.91. The van der Waals surface area contributed by atoms with Crippen LogP contribution in [0.25, 0.3) is 11.3 Å². The van der Waals surface area contributed by atoms with Gasteiger partial charge < -0.3 is 9.84 Å². The van der Waals surface area contributed by atoms with Crippen molar-refractivity contribution in [2.24, 2.45) is 0 Å². The predicted octanol–water partition coefficient (Wildman–Crippen LogP) is 3.89. The van der Waals surface area contributed by atoms with E-state index in [9.17, 15) is 18.3 Å². The van der Waals surface area contributed by atoms with Gasteiger partial charge in [-0.1, -0.05) is 6.07 Å². The van der Waals surface area contributed by atoms with E-state index < -0.39 is 18.0 Å². The Morgan fingerprint density at radius 2 is 1.77 bits per heavy atom. The Bertz CT molecular complexity index is 651. The highest BCUT2D eigenvalue weighted by molar-refractivity contribution is 5.60. The third-order valence-corrected chi connectivity index (χ3v) is 3.34. The lowest BCUT2D eigenvalue weighted by Gasteiger charge is -2.14. The molecule has 1 aliphatic rings. The highest BCUT2D eigenvalue weighted by Crippen LogP contribution is 2.33. The van der Waals surface area contributed by atoms with Gasteiger partial charge in [-0.15, -0.1) is 0 Å². The van der Waals surface area contributed by atoms with E-state index >= 15 is 0 Å². The number of hydrogen-bond acceptors (Lipinski definition) is 3. The minimum absolute atomic E-state index is 0.286. The fourth-order valence-corrected chi connectivity index (χ4v) is 2.01. The fraction of sp³-hybridized carbons (Fsp3) is 0.312. The largest absolute Gasteiger partial charge is 0.490 e. The van der Waals surface area contributed by atoms with Gasteiger partial charge in [0.05, 0.1) is 17.5 Å². The number of benzene rings is 1. The summed E-state index contributed by atoms with van der Waals surface area (Å²) in [7, 11) is 0. The molecule has 0 radical (unpaired) electrons. The standard InChI is InChI=1S/C16H14F3NO2/c17-16(18,19)15(21)14-3-1-2-13(20-14)10-4-6-11(7-5-10)22-12-8-9-12/h1-7,12,15,21H,8-9H2. The summed E-state index contributed by atoms with van der Waals surface area (Å²) < 4.78 is 43.2. The van der Waals surface area contributed by atoms with Gasteiger partial charge >= 0.3 is 6.18 Å². The van der Waals surface area contributed by atoms with Gasteiger partial charge in [0.1, 0.15) is 5.75 Å². The van der Waals surface area contributed by atoms with E-state index in [1.165, 1.54) is 6.07 Å². The number of aliphatic hydroxyl groups excluding tert-OH is 1. The summed E-state index contributed by atoms with van der Waals surface area (Å²) in [5.41, 5.74) is 0.626. The number of alkyl halides is 3. The van der Waals surface area contributed by atoms with Crippen molar-refractivity contribution >= 4 is 0 Å². The maximum atomic E-state index is 12.5. The topological polar surface area (TPSA) is 42.4 Å². The molecular formula is C16H14F3NO2. The number of rotatable bonds is 4. The van der Waals surface area contributed by atoms with Crippen LogP contribution in [0.5, 0.6) is 5.75 Å². The molecule has 0 aliphatic heterocycles. The van der Waals surface area contributed by atoms with Gasteiger partial charge in [-0.25, -0.2) is 4.98 Å². The van der Waals surface area contributed by atoms with E-state index in [0.717, 1.165) is 24.7 Å². The fourth-order valence-electron chi connectivity index (χ4n) is 2.01. The first-order chi connectivity index (χ1) is 10.4. The monoisotopic (exact) mass is 309 g/mol. The van der Waals surface area contributed by atoms with Crippen LogP contribution in [-0.4, -0.2) is 22.4 Å². The van der Waals surface area contributed by atoms with Crippen molar-refractivity contribution in [3.8, 4) is 17.0 Å². The summed E-state index contributed by atoms with van der Waals surface area (Å²) in [4.78, 5) is 3.90. The zero-order valence-corrected chi connectivity index (χ0v) is 11.5. The van der Waals surface area contributed by atoms with E-state index in [-0.39, 0.29) is 6.10 Å². The summed E-state index contributed by atoms with van der Waals surface area (Å²) >= 11 is 0. The molecule has 1 aromatic heterocycles. The van der Waals surface area contributed by atoms with Gasteiger partial charge in [0.15, 0.2) is 6.10 Å². The van der Waals surface area contributed by atoms with Crippen molar-refractivity contribution in [1.29, 1.82) is 0 Å². The first kappa shape index (κ1) is 14.8. The van der Waals surface area contributed by atoms with Crippen LogP contribution in [0, 0.1) is 0 Å². The lowest BCUT2D eigenvalue weighted by molar-refractivity contribution is -0.207. The molecule has 1 saturated carbocycles. The van der Waals surface area contributed by atoms with Crippen LogP contribution < -0.4 is 4.74 Å². The summed E-state index contributed by atoms with van der Waals surface area (Å²) in [6, 6.07) is 11.2. The first-order valence-corrected chi connectivity index (χ1v) is 6.92. The third kappa shape index (κ3) is 3.39. The Balaban J connectivity index is 1.82. The molecule has 116 valence electrons. The number of ether oxygens (including phenoxy) is 1. The second kappa shape index (κ2) is 5.61. The van der Waals surface area contributed by atoms with E-state index in [1.54, 1.807) is 30.3 Å². The molecule has 1 aliphatic carbocycles. The summed E-state index contributed by atoms with van der Waals surface area (Å²) in [5, 5.41) is 9.27. The van der Waals surface area contributed by atoms with Gasteiger partial charge in [-0.2, -0.15) is 13.2 Å². The van der Waals surface area contributed by atoms with Crippen LogP contribution in [0.3, 0.4) is 0 Å². The van der Waals surface area contributed by atoms with Crippen LogP contribution in [0.1, 0.15) is 24.6 Å². The van der Waals surface area contributed by atoms with Crippen molar-refractivity contribution in [3.63, 3.8) is 0 Å². The molecule has 0 amide bonds. The maximum Gasteiger partial charge on any atom is 0.420 e. The number of aliphatic hydroxyl groups is 1. The molecule has 1 fully saturated rings. The molecule has 0 bridgehead atoms. The molecule has 1 unspecified atom stereocenters. The highest BCUT2D eigenvalue weighted by Gasteiger charge is 2.40. The molecule has 2 aromatic rings. The molecule has 0 spiro atoms. The van der Waals surface area contributed by atoms with Crippen molar-refractivity contribution in [2.75, 3.05) is 0 Å². The van der Waals surface area contributed by atoms with Crippen LogP contribution >= 0.6 is 0 Å². The molecule has 22 heavy (non-hydrogen) atoms. The molecule has 0 saturated heterocycles. The van der Waals surface area contributed by atoms with E-state index in [0.29, 0.717) is 11.3 Å². The minimum Gasteiger partial charge on any atom is -0.490 e. The van der Waals surface area contributed by atoms with Crippen molar-refractivity contribution in [1.82, 2.24) is 4.98 Å². The molecule has 6 heteroatoms. The molecule has 3 rings (SSSR count). The average Bonchev–Trinajstić information content (AvgIpc) is 3.30. The lowest BCUT2D eigenvalue weighted by atomic mass is 10.1. The first-order valence-electron chi connectivity index (χ1n) is 6.92. The normalized spacial score (nSPS) is 16.4. The maximum absolute atomic E-state index is 12.5. The molecular weight excluding hydrogens is 295 g/mol. The van der Waals surface area contributed by atoms with E-state index in [2.05, 4.69) is 4.98 Å². The van der Waals surface area contributed by atoms with Gasteiger partial charge in [-0.05, 0) is 49.2 Å².